The molecular formula is C24H43N3O2. The Kier molecular flexibility index (Phi) is 8.00. The summed E-state index contributed by atoms with van der Waals surface area (Å²) in [6.45, 7) is 14.1. The molecule has 0 aromatic heterocycles. The average Bonchev–Trinajstić information content (AvgIpc) is 2.89. The lowest BCUT2D eigenvalue weighted by atomic mass is 9.92. The molecule has 29 heavy (non-hydrogen) atoms. The summed E-state index contributed by atoms with van der Waals surface area (Å²) in [6, 6.07) is 0.518. The highest BCUT2D eigenvalue weighted by molar-refractivity contribution is 5.81. The van der Waals surface area contributed by atoms with Gasteiger partial charge in [0.05, 0.1) is 6.54 Å². The van der Waals surface area contributed by atoms with Gasteiger partial charge in [-0.1, -0.05) is 27.7 Å². The number of amides is 2. The quantitative estimate of drug-likeness (QED) is 0.717. The van der Waals surface area contributed by atoms with Gasteiger partial charge in [-0.15, -0.1) is 0 Å². The van der Waals surface area contributed by atoms with Gasteiger partial charge in [0.15, 0.2) is 0 Å². The largest absolute Gasteiger partial charge is 0.342 e. The molecule has 5 heteroatoms. The van der Waals surface area contributed by atoms with Crippen molar-refractivity contribution in [2.75, 3.05) is 39.3 Å². The van der Waals surface area contributed by atoms with Gasteiger partial charge in [0.1, 0.15) is 0 Å². The van der Waals surface area contributed by atoms with Crippen LogP contribution >= 0.6 is 0 Å². The van der Waals surface area contributed by atoms with E-state index in [0.717, 1.165) is 57.9 Å². The Bertz CT molecular complexity index is 556. The van der Waals surface area contributed by atoms with Gasteiger partial charge in [0, 0.05) is 38.1 Å². The van der Waals surface area contributed by atoms with Gasteiger partial charge in [0.2, 0.25) is 11.8 Å². The molecule has 0 aromatic carbocycles. The molecule has 0 radical (unpaired) electrons. The first kappa shape index (κ1) is 22.6. The number of hydrogen-bond donors (Lipinski definition) is 0. The Balaban J connectivity index is 1.49. The summed E-state index contributed by atoms with van der Waals surface area (Å²) in [5, 5.41) is 0. The highest BCUT2D eigenvalue weighted by Crippen LogP contribution is 2.27. The molecule has 166 valence electrons. The molecule has 3 atom stereocenters. The molecule has 3 rings (SSSR count). The second kappa shape index (κ2) is 10.3. The molecule has 3 aliphatic rings. The molecule has 5 nitrogen and oxygen atoms in total. The number of nitrogens with zero attached hydrogens (tertiary/aromatic N) is 3. The third kappa shape index (κ3) is 5.96. The lowest BCUT2D eigenvalue weighted by Crippen LogP contribution is -2.50. The average molecular weight is 406 g/mol. The van der Waals surface area contributed by atoms with Crippen molar-refractivity contribution in [3.8, 4) is 0 Å². The predicted molar refractivity (Wildman–Crippen MR) is 117 cm³/mol. The summed E-state index contributed by atoms with van der Waals surface area (Å²) in [4.78, 5) is 32.5. The Hall–Kier alpha value is -1.10. The van der Waals surface area contributed by atoms with Gasteiger partial charge in [-0.3, -0.25) is 14.5 Å². The van der Waals surface area contributed by atoms with Crippen molar-refractivity contribution in [3.63, 3.8) is 0 Å². The maximum atomic E-state index is 13.0. The molecule has 0 aliphatic carbocycles. The topological polar surface area (TPSA) is 43.9 Å². The van der Waals surface area contributed by atoms with E-state index in [1.807, 2.05) is 4.90 Å². The van der Waals surface area contributed by atoms with Crippen LogP contribution in [0.15, 0.2) is 0 Å². The van der Waals surface area contributed by atoms with E-state index >= 15 is 0 Å². The fourth-order valence-corrected chi connectivity index (χ4v) is 5.58. The van der Waals surface area contributed by atoms with E-state index in [0.29, 0.717) is 30.3 Å². The van der Waals surface area contributed by atoms with Gasteiger partial charge in [0.25, 0.3) is 0 Å². The molecule has 3 unspecified atom stereocenters. The van der Waals surface area contributed by atoms with Crippen molar-refractivity contribution >= 4 is 11.8 Å². The van der Waals surface area contributed by atoms with Crippen LogP contribution in [0.3, 0.4) is 0 Å². The first-order valence-corrected chi connectivity index (χ1v) is 12.2. The summed E-state index contributed by atoms with van der Waals surface area (Å²) in [5.41, 5.74) is 0. The van der Waals surface area contributed by atoms with E-state index in [9.17, 15) is 9.59 Å². The van der Waals surface area contributed by atoms with Crippen LogP contribution < -0.4 is 0 Å². The van der Waals surface area contributed by atoms with Crippen molar-refractivity contribution in [2.24, 2.45) is 23.7 Å². The van der Waals surface area contributed by atoms with E-state index in [-0.39, 0.29) is 11.8 Å². The van der Waals surface area contributed by atoms with Crippen molar-refractivity contribution in [2.45, 2.75) is 78.7 Å². The van der Waals surface area contributed by atoms with Gasteiger partial charge in [-0.25, -0.2) is 0 Å². The maximum Gasteiger partial charge on any atom is 0.236 e. The van der Waals surface area contributed by atoms with E-state index in [2.05, 4.69) is 37.5 Å². The molecule has 0 aromatic rings. The predicted octanol–water partition coefficient (Wildman–Crippen LogP) is 3.63. The van der Waals surface area contributed by atoms with E-state index in [1.165, 1.54) is 25.7 Å². The molecule has 3 heterocycles. The number of piperidine rings is 2. The minimum atomic E-state index is 0.117. The fourth-order valence-electron chi connectivity index (χ4n) is 5.58. The van der Waals surface area contributed by atoms with Crippen LogP contribution in [0.2, 0.25) is 0 Å². The van der Waals surface area contributed by atoms with Gasteiger partial charge in [-0.2, -0.15) is 0 Å². The molecule has 3 saturated heterocycles. The normalized spacial score (nSPS) is 30.4. The monoisotopic (exact) mass is 405 g/mol. The Morgan fingerprint density at radius 2 is 1.55 bits per heavy atom. The number of carbonyl (C=O) groups is 2. The third-order valence-electron chi connectivity index (χ3n) is 7.61. The SMILES string of the molecule is CC1CCC(C(C)C)N(CC(=O)N2CCC(C(=O)N3CCCC(C)C3)CC2)CC1. The van der Waals surface area contributed by atoms with Crippen LogP contribution in [0.1, 0.15) is 72.6 Å². The lowest BCUT2D eigenvalue weighted by molar-refractivity contribution is -0.142. The summed E-state index contributed by atoms with van der Waals surface area (Å²) < 4.78 is 0. The number of carbonyl (C=O) groups excluding carboxylic acids is 2. The fraction of sp³-hybridized carbons (Fsp3) is 0.917. The third-order valence-corrected chi connectivity index (χ3v) is 7.61. The highest BCUT2D eigenvalue weighted by atomic mass is 16.2. The van der Waals surface area contributed by atoms with Gasteiger partial charge < -0.3 is 9.80 Å². The zero-order valence-electron chi connectivity index (χ0n) is 19.2. The van der Waals surface area contributed by atoms with Crippen LogP contribution in [0.5, 0.6) is 0 Å². The first-order valence-electron chi connectivity index (χ1n) is 12.2. The van der Waals surface area contributed by atoms with Crippen molar-refractivity contribution in [1.29, 1.82) is 0 Å². The standard InChI is InChI=1S/C24H43N3O2/c1-18(2)22-8-7-19(3)9-13-26(22)17-23(28)25-14-10-21(11-15-25)24(29)27-12-5-6-20(4)16-27/h18-22H,5-17H2,1-4H3. The lowest BCUT2D eigenvalue weighted by Gasteiger charge is -2.38. The van der Waals surface area contributed by atoms with Crippen LogP contribution in [0.25, 0.3) is 0 Å². The highest BCUT2D eigenvalue weighted by Gasteiger charge is 2.33. The van der Waals surface area contributed by atoms with Crippen molar-refractivity contribution in [3.05, 3.63) is 0 Å². The van der Waals surface area contributed by atoms with Crippen LogP contribution in [0, 0.1) is 23.7 Å². The summed E-state index contributed by atoms with van der Waals surface area (Å²) >= 11 is 0. The second-order valence-corrected chi connectivity index (χ2v) is 10.4. The Labute approximate surface area is 178 Å². The van der Waals surface area contributed by atoms with Gasteiger partial charge in [-0.05, 0) is 69.2 Å². The second-order valence-electron chi connectivity index (χ2n) is 10.4. The van der Waals surface area contributed by atoms with Gasteiger partial charge >= 0.3 is 0 Å². The van der Waals surface area contributed by atoms with Crippen LogP contribution in [-0.2, 0) is 9.59 Å². The zero-order chi connectivity index (χ0) is 21.0. The molecule has 3 aliphatic heterocycles. The molecule has 0 bridgehead atoms. The molecule has 0 N–H and O–H groups in total. The molecule has 0 saturated carbocycles. The molecule has 0 spiro atoms. The smallest absolute Gasteiger partial charge is 0.236 e. The maximum absolute atomic E-state index is 13.0. The first-order chi connectivity index (χ1) is 13.8. The number of likely N-dealkylation sites (tertiary alicyclic amines) is 3. The molecule has 2 amide bonds. The minimum absolute atomic E-state index is 0.117. The number of rotatable bonds is 4. The van der Waals surface area contributed by atoms with E-state index < -0.39 is 0 Å². The van der Waals surface area contributed by atoms with Crippen LogP contribution in [-0.4, -0.2) is 71.8 Å². The Morgan fingerprint density at radius 1 is 0.828 bits per heavy atom. The number of hydrogen-bond acceptors (Lipinski definition) is 3. The minimum Gasteiger partial charge on any atom is -0.342 e. The molecular weight excluding hydrogens is 362 g/mol. The van der Waals surface area contributed by atoms with Crippen LogP contribution in [0.4, 0.5) is 0 Å². The molecule has 3 fully saturated rings. The van der Waals surface area contributed by atoms with Crippen molar-refractivity contribution in [1.82, 2.24) is 14.7 Å². The zero-order valence-corrected chi connectivity index (χ0v) is 19.2. The Morgan fingerprint density at radius 3 is 2.21 bits per heavy atom. The van der Waals surface area contributed by atoms with E-state index in [4.69, 9.17) is 0 Å². The summed E-state index contributed by atoms with van der Waals surface area (Å²) in [5.74, 6) is 2.69. The summed E-state index contributed by atoms with van der Waals surface area (Å²) in [6.07, 6.45) is 7.72. The summed E-state index contributed by atoms with van der Waals surface area (Å²) in [7, 11) is 0. The van der Waals surface area contributed by atoms with Crippen molar-refractivity contribution < 1.29 is 9.59 Å². The van der Waals surface area contributed by atoms with E-state index in [1.54, 1.807) is 0 Å².